The summed E-state index contributed by atoms with van der Waals surface area (Å²) in [5.74, 6) is 0.977. The third-order valence-corrected chi connectivity index (χ3v) is 3.77. The molecule has 0 aliphatic carbocycles. The van der Waals surface area contributed by atoms with Gasteiger partial charge in [-0.05, 0) is 30.4 Å². The first-order valence-electron chi connectivity index (χ1n) is 6.43. The van der Waals surface area contributed by atoms with Gasteiger partial charge in [-0.3, -0.25) is 0 Å². The Morgan fingerprint density at radius 2 is 2.26 bits per heavy atom. The molecule has 1 aromatic carbocycles. The van der Waals surface area contributed by atoms with Crippen LogP contribution in [0, 0.1) is 0 Å². The van der Waals surface area contributed by atoms with Crippen molar-refractivity contribution in [2.24, 2.45) is 5.73 Å². The molecule has 4 nitrogen and oxygen atoms in total. The molecule has 5 heteroatoms. The molecule has 2 aliphatic rings. The van der Waals surface area contributed by atoms with Crippen molar-refractivity contribution < 1.29 is 4.74 Å². The fourth-order valence-electron chi connectivity index (χ4n) is 2.58. The first kappa shape index (κ1) is 12.4. The van der Waals surface area contributed by atoms with Gasteiger partial charge in [0.2, 0.25) is 0 Å². The lowest BCUT2D eigenvalue weighted by molar-refractivity contribution is 0.196. The SMILES string of the molecule is NCCC1=C[N]C(=S)N1[C@H]1COc2ccccc2C1. The molecule has 2 aliphatic heterocycles. The molecule has 1 aromatic rings. The fraction of sp³-hybridized carbons (Fsp3) is 0.357. The number of thiocarbonyl (C=S) groups is 1. The van der Waals surface area contributed by atoms with E-state index in [1.165, 1.54) is 5.56 Å². The van der Waals surface area contributed by atoms with Gasteiger partial charge in [0.15, 0.2) is 5.11 Å². The van der Waals surface area contributed by atoms with Crippen molar-refractivity contribution >= 4 is 17.3 Å². The van der Waals surface area contributed by atoms with Crippen molar-refractivity contribution in [3.05, 3.63) is 41.7 Å². The van der Waals surface area contributed by atoms with Crippen LogP contribution in [-0.2, 0) is 6.42 Å². The van der Waals surface area contributed by atoms with Crippen molar-refractivity contribution in [1.82, 2.24) is 10.2 Å². The van der Waals surface area contributed by atoms with Crippen LogP contribution in [-0.4, -0.2) is 29.2 Å². The number of rotatable bonds is 3. The smallest absolute Gasteiger partial charge is 0.200 e. The fourth-order valence-corrected chi connectivity index (χ4v) is 2.90. The van der Waals surface area contributed by atoms with E-state index in [9.17, 15) is 0 Å². The Morgan fingerprint density at radius 3 is 3.11 bits per heavy atom. The van der Waals surface area contributed by atoms with Gasteiger partial charge in [-0.2, -0.15) is 0 Å². The molecule has 0 amide bonds. The average molecular weight is 274 g/mol. The summed E-state index contributed by atoms with van der Waals surface area (Å²) < 4.78 is 5.82. The third kappa shape index (κ3) is 2.31. The molecule has 19 heavy (non-hydrogen) atoms. The largest absolute Gasteiger partial charge is 0.491 e. The van der Waals surface area contributed by atoms with E-state index in [0.717, 1.165) is 24.3 Å². The lowest BCUT2D eigenvalue weighted by Crippen LogP contribution is -2.44. The molecule has 1 radical (unpaired) electrons. The number of nitrogens with two attached hydrogens (primary N) is 1. The minimum absolute atomic E-state index is 0.214. The number of fused-ring (bicyclic) bond motifs is 1. The van der Waals surface area contributed by atoms with Crippen LogP contribution in [0.4, 0.5) is 0 Å². The van der Waals surface area contributed by atoms with Gasteiger partial charge in [-0.25, -0.2) is 5.32 Å². The van der Waals surface area contributed by atoms with E-state index in [4.69, 9.17) is 22.7 Å². The van der Waals surface area contributed by atoms with Gasteiger partial charge in [0.05, 0.1) is 6.04 Å². The molecule has 2 heterocycles. The first-order valence-corrected chi connectivity index (χ1v) is 6.84. The van der Waals surface area contributed by atoms with Gasteiger partial charge in [0, 0.05) is 24.7 Å². The van der Waals surface area contributed by atoms with Crippen molar-refractivity contribution in [3.63, 3.8) is 0 Å². The number of ether oxygens (including phenoxy) is 1. The monoisotopic (exact) mass is 274 g/mol. The first-order chi connectivity index (χ1) is 9.29. The van der Waals surface area contributed by atoms with E-state index >= 15 is 0 Å². The maximum Gasteiger partial charge on any atom is 0.200 e. The summed E-state index contributed by atoms with van der Waals surface area (Å²) in [6, 6.07) is 8.35. The van der Waals surface area contributed by atoms with Crippen molar-refractivity contribution in [2.75, 3.05) is 13.2 Å². The van der Waals surface area contributed by atoms with E-state index in [-0.39, 0.29) is 6.04 Å². The molecular weight excluding hydrogens is 258 g/mol. The zero-order valence-corrected chi connectivity index (χ0v) is 11.4. The predicted octanol–water partition coefficient (Wildman–Crippen LogP) is 1.39. The maximum absolute atomic E-state index is 5.82. The van der Waals surface area contributed by atoms with Gasteiger partial charge < -0.3 is 15.4 Å². The van der Waals surface area contributed by atoms with Crippen molar-refractivity contribution in [3.8, 4) is 5.75 Å². The van der Waals surface area contributed by atoms with Crippen molar-refractivity contribution in [2.45, 2.75) is 18.9 Å². The van der Waals surface area contributed by atoms with Crippen LogP contribution in [0.25, 0.3) is 0 Å². The Bertz CT molecular complexity index is 529. The zero-order chi connectivity index (χ0) is 13.2. The molecular formula is C14H16N3OS. The summed E-state index contributed by atoms with van der Waals surface area (Å²) in [5.41, 5.74) is 7.96. The highest BCUT2D eigenvalue weighted by Gasteiger charge is 2.32. The van der Waals surface area contributed by atoms with Crippen LogP contribution in [0.5, 0.6) is 5.75 Å². The van der Waals surface area contributed by atoms with Crippen LogP contribution >= 0.6 is 12.2 Å². The predicted molar refractivity (Wildman–Crippen MR) is 77.8 cm³/mol. The summed E-state index contributed by atoms with van der Waals surface area (Å²) in [6.45, 7) is 1.24. The van der Waals surface area contributed by atoms with Crippen LogP contribution < -0.4 is 15.8 Å². The molecule has 3 rings (SSSR count). The minimum Gasteiger partial charge on any atom is -0.491 e. The molecule has 0 aromatic heterocycles. The van der Waals surface area contributed by atoms with E-state index in [1.54, 1.807) is 0 Å². The quantitative estimate of drug-likeness (QED) is 0.846. The normalized spacial score (nSPS) is 21.5. The summed E-state index contributed by atoms with van der Waals surface area (Å²) in [4.78, 5) is 2.10. The Balaban J connectivity index is 1.80. The number of hydrogen-bond donors (Lipinski definition) is 1. The van der Waals surface area contributed by atoms with E-state index < -0.39 is 0 Å². The third-order valence-electron chi connectivity index (χ3n) is 3.46. The molecule has 0 bridgehead atoms. The summed E-state index contributed by atoms with van der Waals surface area (Å²) in [6.07, 6.45) is 3.55. The number of nitrogens with zero attached hydrogens (tertiary/aromatic N) is 2. The molecule has 99 valence electrons. The van der Waals surface area contributed by atoms with E-state index in [0.29, 0.717) is 18.3 Å². The molecule has 0 fully saturated rings. The highest BCUT2D eigenvalue weighted by molar-refractivity contribution is 7.80. The number of benzene rings is 1. The van der Waals surface area contributed by atoms with Gasteiger partial charge in [-0.1, -0.05) is 18.2 Å². The second-order valence-electron chi connectivity index (χ2n) is 4.72. The number of hydrogen-bond acceptors (Lipinski definition) is 3. The lowest BCUT2D eigenvalue weighted by atomic mass is 10.0. The van der Waals surface area contributed by atoms with E-state index in [2.05, 4.69) is 16.3 Å². The zero-order valence-electron chi connectivity index (χ0n) is 10.6. The topological polar surface area (TPSA) is 52.6 Å². The summed E-state index contributed by atoms with van der Waals surface area (Å²) >= 11 is 5.32. The van der Waals surface area contributed by atoms with Crippen LogP contribution in [0.3, 0.4) is 0 Å². The average Bonchev–Trinajstić information content (AvgIpc) is 2.80. The van der Waals surface area contributed by atoms with Crippen LogP contribution in [0.2, 0.25) is 0 Å². The molecule has 0 unspecified atom stereocenters. The summed E-state index contributed by atoms with van der Waals surface area (Å²) in [7, 11) is 0. The van der Waals surface area contributed by atoms with Gasteiger partial charge in [0.25, 0.3) is 0 Å². The van der Waals surface area contributed by atoms with Gasteiger partial charge in [-0.15, -0.1) is 0 Å². The number of para-hydroxylation sites is 1. The maximum atomic E-state index is 5.82. The minimum atomic E-state index is 0.214. The standard InChI is InChI=1S/C14H16N3OS/c15-6-5-11-8-16-14(19)17(11)12-7-10-3-1-2-4-13(10)18-9-12/h1-4,8,12H,5-7,9,15H2/t12-/m1/s1. The Kier molecular flexibility index (Phi) is 3.40. The Hall–Kier alpha value is -1.59. The summed E-state index contributed by atoms with van der Waals surface area (Å²) in [5, 5.41) is 4.85. The molecule has 0 spiro atoms. The van der Waals surface area contributed by atoms with Gasteiger partial charge in [0.1, 0.15) is 12.4 Å². The Morgan fingerprint density at radius 1 is 1.42 bits per heavy atom. The molecule has 1 atom stereocenters. The molecule has 0 saturated carbocycles. The van der Waals surface area contributed by atoms with Gasteiger partial charge >= 0.3 is 0 Å². The lowest BCUT2D eigenvalue weighted by Gasteiger charge is -2.34. The Labute approximate surface area is 118 Å². The second-order valence-corrected chi connectivity index (χ2v) is 5.08. The van der Waals surface area contributed by atoms with E-state index in [1.807, 2.05) is 24.4 Å². The molecule has 0 saturated heterocycles. The highest BCUT2D eigenvalue weighted by Crippen LogP contribution is 2.29. The van der Waals surface area contributed by atoms with Crippen LogP contribution in [0.1, 0.15) is 12.0 Å². The van der Waals surface area contributed by atoms with Crippen molar-refractivity contribution in [1.29, 1.82) is 0 Å². The molecule has 2 N–H and O–H groups in total. The van der Waals surface area contributed by atoms with Crippen LogP contribution in [0.15, 0.2) is 36.2 Å². The highest BCUT2D eigenvalue weighted by atomic mass is 32.1. The second kappa shape index (κ2) is 5.19.